The Kier molecular flexibility index (Phi) is 4.87. The summed E-state index contributed by atoms with van der Waals surface area (Å²) in [4.78, 5) is 21.7. The summed E-state index contributed by atoms with van der Waals surface area (Å²) in [5.41, 5.74) is 2.53. The van der Waals surface area contributed by atoms with Crippen molar-refractivity contribution in [2.45, 2.75) is 31.5 Å². The van der Waals surface area contributed by atoms with Crippen molar-refractivity contribution >= 4 is 27.7 Å². The highest BCUT2D eigenvalue weighted by Gasteiger charge is 2.18. The molecule has 1 unspecified atom stereocenters. The van der Waals surface area contributed by atoms with Gasteiger partial charge in [-0.1, -0.05) is 41.1 Å². The van der Waals surface area contributed by atoms with Gasteiger partial charge in [0.15, 0.2) is 0 Å². The van der Waals surface area contributed by atoms with E-state index in [0.717, 1.165) is 17.5 Å². The minimum Gasteiger partial charge on any atom is -0.481 e. The standard InChI is InChI=1S/C13H15BrO3/c1-3-9-4-5-11(13(14)8(2)15)10(6-9)7-12(16)17/h4-6,13H,3,7H2,1-2H3,(H,16,17). The molecule has 4 heteroatoms. The molecule has 0 aliphatic heterocycles. The number of carboxylic acid groups (broad SMARTS) is 1. The van der Waals surface area contributed by atoms with E-state index in [1.165, 1.54) is 6.92 Å². The average Bonchev–Trinajstić information content (AvgIpc) is 2.27. The molecule has 0 aliphatic rings. The highest BCUT2D eigenvalue weighted by molar-refractivity contribution is 9.09. The summed E-state index contributed by atoms with van der Waals surface area (Å²) >= 11 is 3.30. The molecule has 0 fully saturated rings. The summed E-state index contributed by atoms with van der Waals surface area (Å²) in [6.07, 6.45) is 0.790. The van der Waals surface area contributed by atoms with Gasteiger partial charge in [0.2, 0.25) is 0 Å². The minimum atomic E-state index is -0.886. The summed E-state index contributed by atoms with van der Waals surface area (Å²) in [6, 6.07) is 5.62. The lowest BCUT2D eigenvalue weighted by Crippen LogP contribution is -2.09. The van der Waals surface area contributed by atoms with E-state index in [2.05, 4.69) is 15.9 Å². The van der Waals surface area contributed by atoms with Gasteiger partial charge in [-0.25, -0.2) is 0 Å². The minimum absolute atomic E-state index is 0.0270. The van der Waals surface area contributed by atoms with E-state index >= 15 is 0 Å². The Balaban J connectivity index is 3.18. The molecule has 0 spiro atoms. The largest absolute Gasteiger partial charge is 0.481 e. The molecule has 1 aromatic carbocycles. The molecule has 0 saturated heterocycles. The molecule has 0 aliphatic carbocycles. The molecule has 0 amide bonds. The number of carboxylic acids is 1. The van der Waals surface area contributed by atoms with Crippen LogP contribution in [0, 0.1) is 0 Å². The monoisotopic (exact) mass is 298 g/mol. The first-order valence-corrected chi connectivity index (χ1v) is 6.35. The van der Waals surface area contributed by atoms with Gasteiger partial charge in [0.05, 0.1) is 11.2 Å². The van der Waals surface area contributed by atoms with Gasteiger partial charge in [-0.3, -0.25) is 9.59 Å². The second kappa shape index (κ2) is 5.96. The van der Waals surface area contributed by atoms with E-state index in [4.69, 9.17) is 5.11 Å². The third-order valence-electron chi connectivity index (χ3n) is 2.59. The van der Waals surface area contributed by atoms with E-state index in [-0.39, 0.29) is 12.2 Å². The van der Waals surface area contributed by atoms with Crippen LogP contribution in [0.25, 0.3) is 0 Å². The fourth-order valence-electron chi connectivity index (χ4n) is 1.66. The van der Waals surface area contributed by atoms with Crippen LogP contribution in [0.3, 0.4) is 0 Å². The van der Waals surface area contributed by atoms with Crippen molar-refractivity contribution in [3.63, 3.8) is 0 Å². The number of hydrogen-bond acceptors (Lipinski definition) is 2. The molecule has 92 valence electrons. The second-order valence-electron chi connectivity index (χ2n) is 3.93. The van der Waals surface area contributed by atoms with Gasteiger partial charge in [0, 0.05) is 0 Å². The molecule has 0 heterocycles. The van der Waals surface area contributed by atoms with E-state index in [1.54, 1.807) is 0 Å². The molecule has 1 N–H and O–H groups in total. The van der Waals surface area contributed by atoms with Crippen molar-refractivity contribution < 1.29 is 14.7 Å². The number of rotatable bonds is 5. The highest BCUT2D eigenvalue weighted by Crippen LogP contribution is 2.28. The van der Waals surface area contributed by atoms with Crippen LogP contribution in [0.5, 0.6) is 0 Å². The molecule has 0 bridgehead atoms. The number of aliphatic carboxylic acids is 1. The summed E-state index contributed by atoms with van der Waals surface area (Å²) in [7, 11) is 0. The second-order valence-corrected chi connectivity index (χ2v) is 4.85. The number of halogens is 1. The molecular formula is C13H15BrO3. The smallest absolute Gasteiger partial charge is 0.307 e. The van der Waals surface area contributed by atoms with Crippen molar-refractivity contribution in [1.82, 2.24) is 0 Å². The van der Waals surface area contributed by atoms with Gasteiger partial charge >= 0.3 is 5.97 Å². The van der Waals surface area contributed by atoms with Gasteiger partial charge in [-0.05, 0) is 30.0 Å². The Morgan fingerprint density at radius 3 is 2.53 bits per heavy atom. The van der Waals surface area contributed by atoms with Gasteiger partial charge in [0.1, 0.15) is 5.78 Å². The van der Waals surface area contributed by atoms with Gasteiger partial charge in [0.25, 0.3) is 0 Å². The van der Waals surface area contributed by atoms with Crippen molar-refractivity contribution in [2.75, 3.05) is 0 Å². The molecule has 1 atom stereocenters. The Morgan fingerprint density at radius 2 is 2.06 bits per heavy atom. The summed E-state index contributed by atoms with van der Waals surface area (Å²) in [6.45, 7) is 3.49. The first kappa shape index (κ1) is 13.9. The number of alkyl halides is 1. The van der Waals surface area contributed by atoms with Gasteiger partial charge in [-0.2, -0.15) is 0 Å². The number of carbonyl (C=O) groups is 2. The zero-order valence-corrected chi connectivity index (χ0v) is 11.5. The Labute approximate surface area is 109 Å². The van der Waals surface area contributed by atoms with Crippen LogP contribution in [-0.4, -0.2) is 16.9 Å². The third-order valence-corrected chi connectivity index (χ3v) is 3.73. The zero-order valence-electron chi connectivity index (χ0n) is 9.87. The Morgan fingerprint density at radius 1 is 1.41 bits per heavy atom. The molecule has 1 aromatic rings. The normalized spacial score (nSPS) is 12.2. The summed E-state index contributed by atoms with van der Waals surface area (Å²) < 4.78 is 0. The fourth-order valence-corrected chi connectivity index (χ4v) is 2.11. The molecule has 0 radical (unpaired) electrons. The van der Waals surface area contributed by atoms with Crippen molar-refractivity contribution in [3.05, 3.63) is 34.9 Å². The zero-order chi connectivity index (χ0) is 13.0. The average molecular weight is 299 g/mol. The lowest BCUT2D eigenvalue weighted by atomic mass is 9.97. The SMILES string of the molecule is CCc1ccc(C(Br)C(C)=O)c(CC(=O)O)c1. The topological polar surface area (TPSA) is 54.4 Å². The van der Waals surface area contributed by atoms with Gasteiger partial charge in [-0.15, -0.1) is 0 Å². The lowest BCUT2D eigenvalue weighted by Gasteiger charge is -2.13. The van der Waals surface area contributed by atoms with E-state index in [1.807, 2.05) is 25.1 Å². The molecule has 1 rings (SSSR count). The first-order chi connectivity index (χ1) is 7.95. The van der Waals surface area contributed by atoms with Crippen LogP contribution in [0.2, 0.25) is 0 Å². The predicted molar refractivity (Wildman–Crippen MR) is 69.5 cm³/mol. The Hall–Kier alpha value is -1.16. The van der Waals surface area contributed by atoms with Gasteiger partial charge < -0.3 is 5.11 Å². The number of benzene rings is 1. The maximum absolute atomic E-state index is 11.3. The molecule has 0 aromatic heterocycles. The van der Waals surface area contributed by atoms with E-state index < -0.39 is 10.8 Å². The Bertz CT molecular complexity index is 440. The number of ketones is 1. The van der Waals surface area contributed by atoms with Crippen LogP contribution in [0.4, 0.5) is 0 Å². The quantitative estimate of drug-likeness (QED) is 0.851. The van der Waals surface area contributed by atoms with Crippen molar-refractivity contribution in [1.29, 1.82) is 0 Å². The number of carbonyl (C=O) groups excluding carboxylic acids is 1. The summed E-state index contributed by atoms with van der Waals surface area (Å²) in [5, 5.41) is 8.88. The number of hydrogen-bond donors (Lipinski definition) is 1. The van der Waals surface area contributed by atoms with Crippen LogP contribution < -0.4 is 0 Å². The first-order valence-electron chi connectivity index (χ1n) is 5.43. The molecular weight excluding hydrogens is 284 g/mol. The summed E-state index contributed by atoms with van der Waals surface area (Å²) in [5.74, 6) is -0.913. The predicted octanol–water partition coefficient (Wildman–Crippen LogP) is 2.90. The van der Waals surface area contributed by atoms with Crippen LogP contribution in [0.15, 0.2) is 18.2 Å². The highest BCUT2D eigenvalue weighted by atomic mass is 79.9. The molecule has 0 saturated carbocycles. The molecule has 3 nitrogen and oxygen atoms in total. The number of Topliss-reactive ketones (excluding diaryl/α,β-unsaturated/α-hetero) is 1. The van der Waals surface area contributed by atoms with Crippen molar-refractivity contribution in [2.24, 2.45) is 0 Å². The molecule has 17 heavy (non-hydrogen) atoms. The van der Waals surface area contributed by atoms with Crippen LogP contribution >= 0.6 is 15.9 Å². The maximum atomic E-state index is 11.3. The number of aryl methyl sites for hydroxylation is 1. The van der Waals surface area contributed by atoms with E-state index in [9.17, 15) is 9.59 Å². The fraction of sp³-hybridized carbons (Fsp3) is 0.385. The van der Waals surface area contributed by atoms with E-state index in [0.29, 0.717) is 5.56 Å². The van der Waals surface area contributed by atoms with Crippen molar-refractivity contribution in [3.8, 4) is 0 Å². The van der Waals surface area contributed by atoms with Crippen LogP contribution in [-0.2, 0) is 22.4 Å². The third kappa shape index (κ3) is 3.66. The lowest BCUT2D eigenvalue weighted by molar-refractivity contribution is -0.136. The maximum Gasteiger partial charge on any atom is 0.307 e. The van der Waals surface area contributed by atoms with Crippen LogP contribution in [0.1, 0.15) is 35.4 Å².